The highest BCUT2D eigenvalue weighted by molar-refractivity contribution is 6.12. The molecular formula is C70H54F2N2O2. The van der Waals surface area contributed by atoms with Crippen LogP contribution in [0.15, 0.2) is 215 Å². The van der Waals surface area contributed by atoms with Crippen molar-refractivity contribution >= 4 is 78.0 Å². The van der Waals surface area contributed by atoms with Crippen LogP contribution in [0.1, 0.15) is 97.9 Å². The number of rotatable bonds is 8. The van der Waals surface area contributed by atoms with Crippen LogP contribution in [-0.2, 0) is 10.8 Å². The molecule has 0 radical (unpaired) electrons. The van der Waals surface area contributed by atoms with Gasteiger partial charge in [0.25, 0.3) is 0 Å². The molecule has 2 aromatic heterocycles. The second-order valence-electron chi connectivity index (χ2n) is 21.8. The molecule has 370 valence electrons. The zero-order valence-electron chi connectivity index (χ0n) is 43.3. The lowest BCUT2D eigenvalue weighted by Gasteiger charge is -2.47. The monoisotopic (exact) mass is 992 g/mol. The number of para-hydroxylation sites is 4. The molecule has 2 aliphatic carbocycles. The van der Waals surface area contributed by atoms with E-state index in [1.54, 1.807) is 0 Å². The van der Waals surface area contributed by atoms with Crippen molar-refractivity contribution in [2.24, 2.45) is 0 Å². The molecule has 0 amide bonds. The number of hydrogen-bond donors (Lipinski definition) is 0. The lowest BCUT2D eigenvalue weighted by molar-refractivity contribution is 0.563. The molecule has 0 unspecified atom stereocenters. The summed E-state index contributed by atoms with van der Waals surface area (Å²) in [5.41, 5.74) is 18.9. The van der Waals surface area contributed by atoms with Gasteiger partial charge in [0.2, 0.25) is 0 Å². The van der Waals surface area contributed by atoms with Gasteiger partial charge < -0.3 is 18.6 Å². The van der Waals surface area contributed by atoms with E-state index < -0.39 is 5.41 Å². The molecule has 2 aliphatic rings. The molecule has 0 saturated heterocycles. The highest BCUT2D eigenvalue weighted by atomic mass is 19.1. The molecule has 4 nitrogen and oxygen atoms in total. The summed E-state index contributed by atoms with van der Waals surface area (Å²) in [5.74, 6) is -0.115. The van der Waals surface area contributed by atoms with Gasteiger partial charge in [-0.05, 0) is 152 Å². The van der Waals surface area contributed by atoms with Gasteiger partial charge in [-0.1, -0.05) is 163 Å². The molecule has 12 aromatic rings. The SMILES string of the molecule is CC(C)c1cccc2c1oc1c(N(c3ccc(F)cc3)c3ccc4c(c3)C3(c5cc(N(c6ccc(F)cc6)c6cccc7c6oc6c(C(C)C)cccc67)ccc5-4)c4ccccc4C(C)(C)c4ccccc43)cccc12. The van der Waals surface area contributed by atoms with Crippen LogP contribution in [0.5, 0.6) is 0 Å². The Bertz CT molecular complexity index is 4040. The Morgan fingerprint density at radius 3 is 1.11 bits per heavy atom. The van der Waals surface area contributed by atoms with E-state index in [0.717, 1.165) is 111 Å². The van der Waals surface area contributed by atoms with E-state index in [4.69, 9.17) is 8.83 Å². The van der Waals surface area contributed by atoms with Gasteiger partial charge >= 0.3 is 0 Å². The minimum atomic E-state index is -0.822. The fourth-order valence-corrected chi connectivity index (χ4v) is 13.1. The predicted molar refractivity (Wildman–Crippen MR) is 308 cm³/mol. The molecule has 0 saturated carbocycles. The highest BCUT2D eigenvalue weighted by Gasteiger charge is 2.54. The minimum absolute atomic E-state index is 0.252. The van der Waals surface area contributed by atoms with Crippen LogP contribution in [0.2, 0.25) is 0 Å². The molecule has 0 fully saturated rings. The van der Waals surface area contributed by atoms with Gasteiger partial charge in [-0.15, -0.1) is 0 Å². The molecule has 6 heteroatoms. The number of hydrogen-bond acceptors (Lipinski definition) is 4. The van der Waals surface area contributed by atoms with E-state index >= 15 is 8.78 Å². The van der Waals surface area contributed by atoms with Crippen LogP contribution in [0.25, 0.3) is 55.0 Å². The minimum Gasteiger partial charge on any atom is -0.454 e. The van der Waals surface area contributed by atoms with Crippen molar-refractivity contribution in [2.45, 2.75) is 64.2 Å². The first-order valence-electron chi connectivity index (χ1n) is 26.4. The Kier molecular flexibility index (Phi) is 10.2. The number of furan rings is 2. The van der Waals surface area contributed by atoms with Gasteiger partial charge in [-0.2, -0.15) is 0 Å². The summed E-state index contributed by atoms with van der Waals surface area (Å²) in [5, 5.41) is 4.15. The van der Waals surface area contributed by atoms with Crippen LogP contribution in [-0.4, -0.2) is 0 Å². The summed E-state index contributed by atoms with van der Waals surface area (Å²) in [7, 11) is 0. The molecule has 1 spiro atoms. The van der Waals surface area contributed by atoms with E-state index in [2.05, 4.69) is 209 Å². The lowest BCUT2D eigenvalue weighted by atomic mass is 9.55. The van der Waals surface area contributed by atoms with Crippen molar-refractivity contribution in [1.82, 2.24) is 0 Å². The van der Waals surface area contributed by atoms with Crippen LogP contribution in [0, 0.1) is 11.6 Å². The maximum Gasteiger partial charge on any atom is 0.159 e. The van der Waals surface area contributed by atoms with Gasteiger partial charge in [-0.3, -0.25) is 0 Å². The quantitative estimate of drug-likeness (QED) is 0.152. The summed E-state index contributed by atoms with van der Waals surface area (Å²) < 4.78 is 44.1. The third-order valence-electron chi connectivity index (χ3n) is 16.6. The third-order valence-corrected chi connectivity index (χ3v) is 16.6. The number of fused-ring (bicyclic) bond motifs is 15. The van der Waals surface area contributed by atoms with Crippen LogP contribution in [0.3, 0.4) is 0 Å². The Balaban J connectivity index is 1.05. The molecule has 10 aromatic carbocycles. The molecule has 0 N–H and O–H groups in total. The van der Waals surface area contributed by atoms with Crippen molar-refractivity contribution in [3.05, 3.63) is 262 Å². The van der Waals surface area contributed by atoms with Gasteiger partial charge in [0.1, 0.15) is 22.8 Å². The molecule has 0 aliphatic heterocycles. The first-order chi connectivity index (χ1) is 36.9. The third kappa shape index (κ3) is 6.52. The van der Waals surface area contributed by atoms with E-state index in [9.17, 15) is 0 Å². The zero-order valence-corrected chi connectivity index (χ0v) is 43.3. The fourth-order valence-electron chi connectivity index (χ4n) is 13.1. The summed E-state index contributed by atoms with van der Waals surface area (Å²) in [6.07, 6.45) is 0. The van der Waals surface area contributed by atoms with Crippen molar-refractivity contribution in [1.29, 1.82) is 0 Å². The first kappa shape index (κ1) is 45.8. The summed E-state index contributed by atoms with van der Waals surface area (Å²) in [6, 6.07) is 70.6. The largest absolute Gasteiger partial charge is 0.454 e. The Labute approximate surface area is 441 Å². The Morgan fingerprint density at radius 2 is 0.711 bits per heavy atom. The lowest BCUT2D eigenvalue weighted by Crippen LogP contribution is -2.40. The van der Waals surface area contributed by atoms with Gasteiger partial charge in [0, 0.05) is 49.7 Å². The number of nitrogens with zero attached hydrogens (tertiary/aromatic N) is 2. The van der Waals surface area contributed by atoms with Crippen molar-refractivity contribution in [3.8, 4) is 11.1 Å². The van der Waals surface area contributed by atoms with Crippen LogP contribution < -0.4 is 9.80 Å². The molecule has 2 heterocycles. The fraction of sp³-hybridized carbons (Fsp3) is 0.143. The highest BCUT2D eigenvalue weighted by Crippen LogP contribution is 2.64. The van der Waals surface area contributed by atoms with E-state index in [1.807, 2.05) is 24.3 Å². The number of halogens is 2. The zero-order chi connectivity index (χ0) is 51.8. The summed E-state index contributed by atoms with van der Waals surface area (Å²) >= 11 is 0. The molecule has 14 rings (SSSR count). The second kappa shape index (κ2) is 16.9. The summed E-state index contributed by atoms with van der Waals surface area (Å²) in [4.78, 5) is 4.45. The van der Waals surface area contributed by atoms with Crippen molar-refractivity contribution in [3.63, 3.8) is 0 Å². The van der Waals surface area contributed by atoms with Crippen molar-refractivity contribution in [2.75, 3.05) is 9.80 Å². The average molecular weight is 993 g/mol. The molecule has 76 heavy (non-hydrogen) atoms. The maximum absolute atomic E-state index is 15.0. The standard InChI is InChI=1S/C70H54F2N2O2/c1-41(2)49-15-11-17-53-55-19-13-25-63(67(55)75-65(49)53)73(45-31-27-43(71)28-32-45)47-35-37-51-52-38-36-48(40-62(52)70(61(51)39-47)59-23-9-7-21-57(59)69(5,6)58-22-8-10-24-60(58)70)74(46-33-29-44(72)30-34-46)64-26-14-20-56-54-18-12-16-50(42(3)4)66(54)76-68(56)64/h7-42H,1-6H3. The number of anilines is 6. The Morgan fingerprint density at radius 1 is 0.355 bits per heavy atom. The maximum atomic E-state index is 15.0. The normalized spacial score (nSPS) is 14.0. The van der Waals surface area contributed by atoms with E-state index in [1.165, 1.54) is 46.5 Å². The van der Waals surface area contributed by atoms with E-state index in [-0.39, 0.29) is 28.9 Å². The molecule has 0 bridgehead atoms. The first-order valence-corrected chi connectivity index (χ1v) is 26.4. The predicted octanol–water partition coefficient (Wildman–Crippen LogP) is 20.0. The average Bonchev–Trinajstić information content (AvgIpc) is 4.21. The Hall–Kier alpha value is -8.74. The van der Waals surface area contributed by atoms with Crippen LogP contribution in [0.4, 0.5) is 42.9 Å². The van der Waals surface area contributed by atoms with Gasteiger partial charge in [0.05, 0.1) is 16.8 Å². The van der Waals surface area contributed by atoms with Crippen molar-refractivity contribution < 1.29 is 17.6 Å². The molecular weight excluding hydrogens is 939 g/mol. The number of benzene rings is 10. The van der Waals surface area contributed by atoms with E-state index in [0.29, 0.717) is 0 Å². The van der Waals surface area contributed by atoms with Crippen LogP contribution >= 0.6 is 0 Å². The topological polar surface area (TPSA) is 32.8 Å². The smallest absolute Gasteiger partial charge is 0.159 e. The van der Waals surface area contributed by atoms with Gasteiger partial charge in [-0.25, -0.2) is 8.78 Å². The summed E-state index contributed by atoms with van der Waals surface area (Å²) in [6.45, 7) is 13.5. The molecule has 0 atom stereocenters. The second-order valence-corrected chi connectivity index (χ2v) is 21.8. The van der Waals surface area contributed by atoms with Gasteiger partial charge in [0.15, 0.2) is 11.2 Å².